The first-order valence-corrected chi connectivity index (χ1v) is 9.71. The first-order chi connectivity index (χ1) is 13.6. The molecule has 1 unspecified atom stereocenters. The maximum absolute atomic E-state index is 13.0. The number of ether oxygens (including phenoxy) is 2. The molecule has 9 nitrogen and oxygen atoms in total. The van der Waals surface area contributed by atoms with Crippen LogP contribution in [0.1, 0.15) is 38.3 Å². The highest BCUT2D eigenvalue weighted by Crippen LogP contribution is 2.28. The maximum atomic E-state index is 13.0. The number of anilines is 1. The minimum atomic E-state index is -0.389. The van der Waals surface area contributed by atoms with Gasteiger partial charge in [0.1, 0.15) is 11.4 Å². The topological polar surface area (TPSA) is 94.4 Å². The molecule has 0 radical (unpaired) electrons. The summed E-state index contributed by atoms with van der Waals surface area (Å²) in [6, 6.07) is 3.44. The van der Waals surface area contributed by atoms with E-state index in [0.717, 1.165) is 25.1 Å². The fraction of sp³-hybridized carbons (Fsp3) is 0.579. The number of carbonyl (C=O) groups is 1. The zero-order chi connectivity index (χ0) is 19.6. The minimum Gasteiger partial charge on any atom is -0.378 e. The van der Waals surface area contributed by atoms with Gasteiger partial charge in [-0.15, -0.1) is 0 Å². The summed E-state index contributed by atoms with van der Waals surface area (Å²) in [4.78, 5) is 23.3. The molecule has 2 aliphatic heterocycles. The number of carbonyl (C=O) groups excluding carboxylic acids is 1. The maximum Gasteiger partial charge on any atom is 0.323 e. The lowest BCUT2D eigenvalue weighted by Gasteiger charge is -2.44. The van der Waals surface area contributed by atoms with Gasteiger partial charge in [0, 0.05) is 31.6 Å². The smallest absolute Gasteiger partial charge is 0.323 e. The van der Waals surface area contributed by atoms with Crippen molar-refractivity contribution in [2.24, 2.45) is 0 Å². The van der Waals surface area contributed by atoms with Gasteiger partial charge in [0.2, 0.25) is 0 Å². The number of amides is 2. The molecule has 1 spiro atoms. The zero-order valence-corrected chi connectivity index (χ0v) is 16.3. The lowest BCUT2D eigenvalue weighted by atomic mass is 9.94. The Kier molecular flexibility index (Phi) is 5.27. The van der Waals surface area contributed by atoms with E-state index in [4.69, 9.17) is 9.47 Å². The van der Waals surface area contributed by atoms with Crippen molar-refractivity contribution in [1.29, 1.82) is 0 Å². The van der Waals surface area contributed by atoms with E-state index in [0.29, 0.717) is 38.1 Å². The van der Waals surface area contributed by atoms with Gasteiger partial charge in [-0.25, -0.2) is 14.8 Å². The number of aromatic nitrogens is 4. The zero-order valence-electron chi connectivity index (χ0n) is 16.3. The first kappa shape index (κ1) is 18.8. The predicted octanol–water partition coefficient (Wildman–Crippen LogP) is 2.20. The Morgan fingerprint density at radius 2 is 2.11 bits per heavy atom. The number of nitrogens with zero attached hydrogens (tertiary/aromatic N) is 5. The van der Waals surface area contributed by atoms with Gasteiger partial charge < -0.3 is 14.4 Å². The molecule has 4 heterocycles. The van der Waals surface area contributed by atoms with Gasteiger partial charge in [-0.05, 0) is 24.8 Å². The third-order valence-corrected chi connectivity index (χ3v) is 5.12. The second kappa shape index (κ2) is 7.84. The third kappa shape index (κ3) is 3.85. The van der Waals surface area contributed by atoms with Crippen LogP contribution in [0, 0.1) is 0 Å². The number of hydrogen-bond acceptors (Lipinski definition) is 6. The van der Waals surface area contributed by atoms with Gasteiger partial charge in [0.05, 0.1) is 25.5 Å². The molecule has 4 rings (SSSR count). The van der Waals surface area contributed by atoms with Crippen molar-refractivity contribution < 1.29 is 14.3 Å². The number of morpholine rings is 1. The van der Waals surface area contributed by atoms with Crippen LogP contribution in [0.15, 0.2) is 24.5 Å². The Morgan fingerprint density at radius 1 is 1.29 bits per heavy atom. The molecule has 2 aromatic rings. The standard InChI is InChI=1S/C19H26N6O3/c1-14(2)15-11-16(25(23-15)17-20-6-4-7-21-17)22-18(26)24-8-10-28-19(12-24)5-3-9-27-13-19/h4,6-7,11,14H,3,5,8-10,12-13H2,1-2H3,(H,22,26). The fourth-order valence-electron chi connectivity index (χ4n) is 3.60. The molecule has 9 heteroatoms. The number of nitrogens with one attached hydrogen (secondary N) is 1. The van der Waals surface area contributed by atoms with E-state index in [1.54, 1.807) is 28.0 Å². The molecule has 150 valence electrons. The number of rotatable bonds is 3. The van der Waals surface area contributed by atoms with E-state index in [1.807, 2.05) is 6.07 Å². The first-order valence-electron chi connectivity index (χ1n) is 9.71. The van der Waals surface area contributed by atoms with Crippen LogP contribution >= 0.6 is 0 Å². The molecule has 2 aromatic heterocycles. The summed E-state index contributed by atoms with van der Waals surface area (Å²) in [7, 11) is 0. The second-order valence-corrected chi connectivity index (χ2v) is 7.61. The molecule has 0 bridgehead atoms. The van der Waals surface area contributed by atoms with Crippen molar-refractivity contribution in [2.45, 2.75) is 38.2 Å². The highest BCUT2D eigenvalue weighted by molar-refractivity contribution is 5.89. The van der Waals surface area contributed by atoms with Crippen molar-refractivity contribution in [2.75, 3.05) is 38.2 Å². The molecule has 2 amide bonds. The van der Waals surface area contributed by atoms with Crippen molar-refractivity contribution in [3.8, 4) is 5.95 Å². The van der Waals surface area contributed by atoms with Gasteiger partial charge >= 0.3 is 6.03 Å². The summed E-state index contributed by atoms with van der Waals surface area (Å²) in [6.07, 6.45) is 5.16. The van der Waals surface area contributed by atoms with Crippen molar-refractivity contribution in [3.63, 3.8) is 0 Å². The summed E-state index contributed by atoms with van der Waals surface area (Å²) in [5.74, 6) is 1.19. The van der Waals surface area contributed by atoms with Gasteiger partial charge in [0.15, 0.2) is 0 Å². The lowest BCUT2D eigenvalue weighted by Crippen LogP contribution is -2.58. The number of urea groups is 1. The summed E-state index contributed by atoms with van der Waals surface area (Å²) in [6.45, 7) is 6.97. The normalized spacial score (nSPS) is 22.6. The van der Waals surface area contributed by atoms with Gasteiger partial charge in [-0.1, -0.05) is 13.8 Å². The molecular formula is C19H26N6O3. The lowest BCUT2D eigenvalue weighted by molar-refractivity contribution is -0.159. The molecule has 0 aliphatic carbocycles. The second-order valence-electron chi connectivity index (χ2n) is 7.61. The Bertz CT molecular complexity index is 811. The van der Waals surface area contributed by atoms with E-state index < -0.39 is 0 Å². The Balaban J connectivity index is 1.54. The average Bonchev–Trinajstić information content (AvgIpc) is 3.13. The Labute approximate surface area is 164 Å². The van der Waals surface area contributed by atoms with Crippen molar-refractivity contribution in [1.82, 2.24) is 24.6 Å². The quantitative estimate of drug-likeness (QED) is 0.869. The molecular weight excluding hydrogens is 360 g/mol. The van der Waals surface area contributed by atoms with E-state index >= 15 is 0 Å². The van der Waals surface area contributed by atoms with Crippen LogP contribution in [0.2, 0.25) is 0 Å². The Morgan fingerprint density at radius 3 is 2.82 bits per heavy atom. The van der Waals surface area contributed by atoms with Crippen LogP contribution in [-0.2, 0) is 9.47 Å². The van der Waals surface area contributed by atoms with Crippen LogP contribution < -0.4 is 5.32 Å². The van der Waals surface area contributed by atoms with Crippen LogP contribution in [0.3, 0.4) is 0 Å². The fourth-order valence-corrected chi connectivity index (χ4v) is 3.60. The summed E-state index contributed by atoms with van der Waals surface area (Å²) in [5, 5.41) is 7.56. The largest absolute Gasteiger partial charge is 0.378 e. The molecule has 0 saturated carbocycles. The minimum absolute atomic E-state index is 0.180. The molecule has 1 atom stereocenters. The van der Waals surface area contributed by atoms with E-state index in [1.165, 1.54) is 0 Å². The van der Waals surface area contributed by atoms with Gasteiger partial charge in [-0.2, -0.15) is 9.78 Å². The summed E-state index contributed by atoms with van der Waals surface area (Å²) in [5.41, 5.74) is 0.474. The molecule has 1 N–H and O–H groups in total. The van der Waals surface area contributed by atoms with Crippen LogP contribution in [0.25, 0.3) is 5.95 Å². The van der Waals surface area contributed by atoms with E-state index in [2.05, 4.69) is 34.2 Å². The monoisotopic (exact) mass is 386 g/mol. The summed E-state index contributed by atoms with van der Waals surface area (Å²) >= 11 is 0. The van der Waals surface area contributed by atoms with Crippen molar-refractivity contribution in [3.05, 3.63) is 30.2 Å². The molecule has 0 aromatic carbocycles. The highest BCUT2D eigenvalue weighted by atomic mass is 16.5. The van der Waals surface area contributed by atoms with Crippen molar-refractivity contribution >= 4 is 11.8 Å². The van der Waals surface area contributed by atoms with Gasteiger partial charge in [0.25, 0.3) is 5.95 Å². The average molecular weight is 386 g/mol. The molecule has 28 heavy (non-hydrogen) atoms. The van der Waals surface area contributed by atoms with Crippen LogP contribution in [0.5, 0.6) is 0 Å². The summed E-state index contributed by atoms with van der Waals surface area (Å²) < 4.78 is 13.2. The van der Waals surface area contributed by atoms with Gasteiger partial charge in [-0.3, -0.25) is 5.32 Å². The van der Waals surface area contributed by atoms with Crippen LogP contribution in [-0.4, -0.2) is 69.2 Å². The third-order valence-electron chi connectivity index (χ3n) is 5.12. The Hall–Kier alpha value is -2.52. The molecule has 2 aliphatic rings. The van der Waals surface area contributed by atoms with E-state index in [9.17, 15) is 4.79 Å². The predicted molar refractivity (Wildman–Crippen MR) is 103 cm³/mol. The van der Waals surface area contributed by atoms with Crippen LogP contribution in [0.4, 0.5) is 10.6 Å². The molecule has 2 fully saturated rings. The van der Waals surface area contributed by atoms with E-state index in [-0.39, 0.29) is 17.6 Å². The SMILES string of the molecule is CC(C)c1cc(NC(=O)N2CCOC3(CCCOC3)C2)n(-c2ncccn2)n1. The molecule has 2 saturated heterocycles. The number of hydrogen-bond donors (Lipinski definition) is 1. The highest BCUT2D eigenvalue weighted by Gasteiger charge is 2.40.